The fourth-order valence-corrected chi connectivity index (χ4v) is 13.0. The number of methoxy groups -OCH3 is 2. The van der Waals surface area contributed by atoms with E-state index in [9.17, 15) is 15.0 Å². The maximum absolute atomic E-state index is 14.4. The molecule has 392 valence electrons. The van der Waals surface area contributed by atoms with E-state index < -0.39 is 80.8 Å². The monoisotopic (exact) mass is 989 g/mol. The molecule has 5 saturated heterocycles. The van der Waals surface area contributed by atoms with Gasteiger partial charge in [0, 0.05) is 52.2 Å². The summed E-state index contributed by atoms with van der Waals surface area (Å²) in [5.41, 5.74) is 0.217. The largest absolute Gasteiger partial charge is 0.462 e. The molecule has 20 atom stereocenters. The van der Waals surface area contributed by atoms with Crippen molar-refractivity contribution in [2.45, 2.75) is 243 Å². The Balaban J connectivity index is 1.14. The molecule has 14 nitrogen and oxygen atoms in total. The van der Waals surface area contributed by atoms with Crippen LogP contribution in [0.15, 0.2) is 47.1 Å². The highest BCUT2D eigenvalue weighted by Crippen LogP contribution is 2.48. The molecular formula is C54H88O14Si. The number of hydrogen-bond donors (Lipinski definition) is 2. The van der Waals surface area contributed by atoms with E-state index in [0.29, 0.717) is 61.5 Å². The molecule has 0 amide bonds. The summed E-state index contributed by atoms with van der Waals surface area (Å²) in [6.07, 6.45) is 7.92. The lowest BCUT2D eigenvalue weighted by Crippen LogP contribution is -2.58. The lowest BCUT2D eigenvalue weighted by molar-refractivity contribution is -0.340. The second-order valence-corrected chi connectivity index (χ2v) is 28.0. The van der Waals surface area contributed by atoms with Gasteiger partial charge in [-0.05, 0) is 87.2 Å². The van der Waals surface area contributed by atoms with Crippen LogP contribution in [0.5, 0.6) is 0 Å². The molecule has 0 aromatic heterocycles. The quantitative estimate of drug-likeness (QED) is 0.122. The molecule has 7 aliphatic rings. The molecule has 1 spiro atoms. The van der Waals surface area contributed by atoms with Gasteiger partial charge in [0.05, 0.1) is 55.4 Å². The molecule has 2 bridgehead atoms. The third-order valence-corrected chi connectivity index (χ3v) is 21.6. The first kappa shape index (κ1) is 54.9. The van der Waals surface area contributed by atoms with Crippen LogP contribution in [-0.4, -0.2) is 143 Å². The normalized spacial score (nSPS) is 45.4. The summed E-state index contributed by atoms with van der Waals surface area (Å²) in [5.74, 6) is -2.08. The number of carbonyl (C=O) groups is 1. The number of hydrogen-bond acceptors (Lipinski definition) is 14. The zero-order valence-corrected chi connectivity index (χ0v) is 45.4. The van der Waals surface area contributed by atoms with Gasteiger partial charge in [-0.1, -0.05) is 85.3 Å². The molecule has 0 aromatic carbocycles. The minimum Gasteiger partial charge on any atom is -0.462 e. The van der Waals surface area contributed by atoms with E-state index in [0.717, 1.165) is 18.4 Å². The third kappa shape index (κ3) is 11.6. The van der Waals surface area contributed by atoms with Crippen LogP contribution < -0.4 is 0 Å². The highest BCUT2D eigenvalue weighted by molar-refractivity contribution is 6.74. The maximum atomic E-state index is 14.4. The fourth-order valence-electron chi connectivity index (χ4n) is 11.6. The number of aliphatic hydroxyl groups is 2. The van der Waals surface area contributed by atoms with Crippen molar-refractivity contribution in [2.75, 3.05) is 20.8 Å². The SMILES string of the molecule is CC[C@H](C)[C@H]1O[C@]2(CC[C@@H]1C)C[C@@H]1C[C@@H](C/C=C(/C)[C@@H](O[C@H]3C[C@H](OC)[C@@H](O[C@H]4C[C@H](OC)[C@@H](O[Si](C)(C)C(C)(C)C)[C@H](C)O4)[C@H](C)O3)[C@@H](C)/C=C\C=C3CO[C@@H]4[C@H](O)C(C)=C[C@@H](C(=O)O1)[C@]34O)O2. The smallest absolute Gasteiger partial charge is 0.316 e. The van der Waals surface area contributed by atoms with Crippen molar-refractivity contribution in [1.29, 1.82) is 0 Å². The predicted molar refractivity (Wildman–Crippen MR) is 263 cm³/mol. The van der Waals surface area contributed by atoms with Crippen molar-refractivity contribution in [1.82, 2.24) is 0 Å². The number of carbonyl (C=O) groups excluding carboxylic acids is 1. The van der Waals surface area contributed by atoms with Gasteiger partial charge in [0.2, 0.25) is 0 Å². The molecule has 0 radical (unpaired) electrons. The van der Waals surface area contributed by atoms with Crippen molar-refractivity contribution in [3.05, 3.63) is 47.1 Å². The van der Waals surface area contributed by atoms with Crippen LogP contribution in [0.4, 0.5) is 0 Å². The Hall–Kier alpha value is -1.83. The van der Waals surface area contributed by atoms with Crippen LogP contribution in [0.3, 0.4) is 0 Å². The minimum atomic E-state index is -2.11. The lowest BCUT2D eigenvalue weighted by Gasteiger charge is -2.51. The summed E-state index contributed by atoms with van der Waals surface area (Å²) < 4.78 is 72.5. The van der Waals surface area contributed by atoms with E-state index >= 15 is 0 Å². The second-order valence-electron chi connectivity index (χ2n) is 23.2. The summed E-state index contributed by atoms with van der Waals surface area (Å²) >= 11 is 0. The summed E-state index contributed by atoms with van der Waals surface area (Å²) in [7, 11) is 1.31. The van der Waals surface area contributed by atoms with Crippen molar-refractivity contribution in [3.63, 3.8) is 0 Å². The number of rotatable bonds is 10. The van der Waals surface area contributed by atoms with Crippen molar-refractivity contribution < 1.29 is 66.8 Å². The number of esters is 1. The maximum Gasteiger partial charge on any atom is 0.316 e. The molecule has 15 heteroatoms. The van der Waals surface area contributed by atoms with Crippen LogP contribution >= 0.6 is 0 Å². The molecular weight excluding hydrogens is 901 g/mol. The van der Waals surface area contributed by atoms with E-state index in [4.69, 9.17) is 51.8 Å². The molecule has 69 heavy (non-hydrogen) atoms. The molecule has 0 saturated carbocycles. The number of ether oxygens (including phenoxy) is 10. The fraction of sp³-hybridized carbons (Fsp3) is 0.833. The average molecular weight is 989 g/mol. The van der Waals surface area contributed by atoms with Gasteiger partial charge in [-0.3, -0.25) is 4.79 Å². The van der Waals surface area contributed by atoms with Gasteiger partial charge in [-0.2, -0.15) is 0 Å². The molecule has 0 aromatic rings. The number of allylic oxidation sites excluding steroid dienone is 2. The predicted octanol–water partition coefficient (Wildman–Crippen LogP) is 8.63. The number of aliphatic hydroxyl groups excluding tert-OH is 1. The van der Waals surface area contributed by atoms with E-state index in [1.54, 1.807) is 33.3 Å². The topological polar surface area (TPSA) is 159 Å². The van der Waals surface area contributed by atoms with Crippen LogP contribution in [0.1, 0.15) is 128 Å². The zero-order chi connectivity index (χ0) is 50.4. The standard InChI is InChI=1S/C54H88O14Si/c1-16-30(2)47-33(5)22-23-53(67-47)28-39-25-38(66-53)21-20-32(4)46(31(3)18-17-19-37-29-60-50-45(55)34(6)24-40(51(56)63-39)54(37,50)57)64-43-26-41(58-12)48(35(7)61-43)65-44-27-42(59-13)49(36(8)62-44)68-69(14,15)52(9,10)11/h17-20,24,30-31,33,35-36,38-50,55,57H,16,21-23,25-29H2,1-15H3/b18-17-,32-20-,37-19?/t30-,31-,33-,35-,36-,38+,39-,40-,41-,42-,43-,44-,45+,46-,47+,48-,49-,50+,53+,54+/m0/s1. The van der Waals surface area contributed by atoms with E-state index in [1.807, 2.05) is 26.0 Å². The van der Waals surface area contributed by atoms with Crippen molar-refractivity contribution in [3.8, 4) is 0 Å². The lowest BCUT2D eigenvalue weighted by atomic mass is 9.71. The highest BCUT2D eigenvalue weighted by Gasteiger charge is 2.60. The Morgan fingerprint density at radius 1 is 0.913 bits per heavy atom. The Morgan fingerprint density at radius 2 is 1.57 bits per heavy atom. The van der Waals surface area contributed by atoms with Crippen LogP contribution in [0.25, 0.3) is 0 Å². The Morgan fingerprint density at radius 3 is 2.22 bits per heavy atom. The van der Waals surface area contributed by atoms with Gasteiger partial charge in [0.25, 0.3) is 0 Å². The third-order valence-electron chi connectivity index (χ3n) is 17.1. The Labute approximate surface area is 414 Å². The van der Waals surface area contributed by atoms with Crippen molar-refractivity contribution in [2.24, 2.45) is 23.7 Å². The molecule has 5 fully saturated rings. The van der Waals surface area contributed by atoms with Gasteiger partial charge in [-0.15, -0.1) is 0 Å². The van der Waals surface area contributed by atoms with Gasteiger partial charge in [-0.25, -0.2) is 0 Å². The summed E-state index contributed by atoms with van der Waals surface area (Å²) in [6.45, 7) is 27.8. The summed E-state index contributed by atoms with van der Waals surface area (Å²) in [4.78, 5) is 14.4. The molecule has 6 aliphatic heterocycles. The Bertz CT molecular complexity index is 1890. The van der Waals surface area contributed by atoms with Crippen LogP contribution in [0, 0.1) is 23.7 Å². The van der Waals surface area contributed by atoms with Gasteiger partial charge in [0.1, 0.15) is 35.9 Å². The molecule has 6 heterocycles. The van der Waals surface area contributed by atoms with E-state index in [-0.39, 0.29) is 54.2 Å². The van der Waals surface area contributed by atoms with Crippen molar-refractivity contribution >= 4 is 14.3 Å². The summed E-state index contributed by atoms with van der Waals surface area (Å²) in [5, 5.41) is 23.9. The van der Waals surface area contributed by atoms with Gasteiger partial charge in [0.15, 0.2) is 26.7 Å². The van der Waals surface area contributed by atoms with Crippen LogP contribution in [0.2, 0.25) is 18.1 Å². The molecule has 7 rings (SSSR count). The molecule has 2 N–H and O–H groups in total. The highest BCUT2D eigenvalue weighted by atomic mass is 28.4. The molecule has 1 aliphatic carbocycles. The van der Waals surface area contributed by atoms with Gasteiger partial charge < -0.3 is 62.0 Å². The summed E-state index contributed by atoms with van der Waals surface area (Å²) in [6, 6.07) is 0. The van der Waals surface area contributed by atoms with Crippen LogP contribution in [-0.2, 0) is 56.6 Å². The second kappa shape index (κ2) is 21.9. The minimum absolute atomic E-state index is 0.00574. The Kier molecular flexibility index (Phi) is 17.5. The van der Waals surface area contributed by atoms with E-state index in [1.165, 1.54) is 0 Å². The van der Waals surface area contributed by atoms with E-state index in [2.05, 4.69) is 74.6 Å². The number of fused-ring (bicyclic) bond motifs is 2. The average Bonchev–Trinajstić information content (AvgIpc) is 3.63. The first-order valence-electron chi connectivity index (χ1n) is 26.1. The van der Waals surface area contributed by atoms with Gasteiger partial charge >= 0.3 is 5.97 Å². The first-order chi connectivity index (χ1) is 32.4. The zero-order valence-electron chi connectivity index (χ0n) is 44.4. The first-order valence-corrected chi connectivity index (χ1v) is 29.0. The molecule has 0 unspecified atom stereocenters.